The quantitative estimate of drug-likeness (QED) is 0.539. The Bertz CT molecular complexity index is 909. The molecule has 6 nitrogen and oxygen atoms in total. The van der Waals surface area contributed by atoms with E-state index in [9.17, 15) is 4.39 Å². The van der Waals surface area contributed by atoms with Crippen LogP contribution in [0.4, 0.5) is 4.39 Å². The van der Waals surface area contributed by atoms with Gasteiger partial charge < -0.3 is 0 Å². The molecule has 0 saturated heterocycles. The van der Waals surface area contributed by atoms with Gasteiger partial charge in [0.25, 0.3) is 0 Å². The maximum atomic E-state index is 13.7. The molecule has 2 heterocycles. The molecule has 22 heavy (non-hydrogen) atoms. The normalized spacial score (nSPS) is 11.4. The molecule has 0 aliphatic carbocycles. The molecule has 0 unspecified atom stereocenters. The van der Waals surface area contributed by atoms with E-state index in [4.69, 9.17) is 12.2 Å². The molecule has 3 aromatic rings. The molecule has 0 bridgehead atoms. The van der Waals surface area contributed by atoms with Gasteiger partial charge in [-0.15, -0.1) is 0 Å². The van der Waals surface area contributed by atoms with Crippen molar-refractivity contribution in [2.45, 2.75) is 6.92 Å². The predicted octanol–water partition coefficient (Wildman–Crippen LogP) is 3.42. The molecule has 0 radical (unpaired) electrons. The number of aryl methyl sites for hydroxylation is 1. The first kappa shape index (κ1) is 14.8. The molecule has 9 heteroatoms. The van der Waals surface area contributed by atoms with Crippen molar-refractivity contribution in [2.75, 3.05) is 0 Å². The minimum absolute atomic E-state index is 0.294. The molecule has 0 saturated carbocycles. The van der Waals surface area contributed by atoms with Crippen molar-refractivity contribution in [1.82, 2.24) is 25.1 Å². The van der Waals surface area contributed by atoms with Gasteiger partial charge >= 0.3 is 0 Å². The molecule has 0 atom stereocenters. The molecule has 2 aromatic heterocycles. The first-order valence-electron chi connectivity index (χ1n) is 6.24. The lowest BCUT2D eigenvalue weighted by atomic mass is 10.2. The standard InChI is InChI=1S/C13H10BrFN6S/c1-7-4-11(18-17-7)12-19-20-13(22)21(12)16-6-8-5-9(14)2-3-10(8)15/h2-6H,1H3,(H,17,18)(H,20,22). The van der Waals surface area contributed by atoms with Crippen LogP contribution in [0.1, 0.15) is 11.3 Å². The predicted molar refractivity (Wildman–Crippen MR) is 86.8 cm³/mol. The van der Waals surface area contributed by atoms with E-state index < -0.39 is 0 Å². The summed E-state index contributed by atoms with van der Waals surface area (Å²) in [7, 11) is 0. The highest BCUT2D eigenvalue weighted by Crippen LogP contribution is 2.17. The van der Waals surface area contributed by atoms with Crippen molar-refractivity contribution < 1.29 is 4.39 Å². The van der Waals surface area contributed by atoms with E-state index in [1.54, 1.807) is 12.1 Å². The summed E-state index contributed by atoms with van der Waals surface area (Å²) >= 11 is 8.44. The maximum Gasteiger partial charge on any atom is 0.216 e. The number of hydrogen-bond acceptors (Lipinski definition) is 4. The number of nitrogens with zero attached hydrogens (tertiary/aromatic N) is 4. The summed E-state index contributed by atoms with van der Waals surface area (Å²) in [5.41, 5.74) is 1.82. The average Bonchev–Trinajstić information content (AvgIpc) is 3.06. The summed E-state index contributed by atoms with van der Waals surface area (Å²) in [4.78, 5) is 0. The Balaban J connectivity index is 2.02. The molecular formula is C13H10BrFN6S. The Labute approximate surface area is 138 Å². The number of aromatic amines is 2. The van der Waals surface area contributed by atoms with Crippen LogP contribution in [0, 0.1) is 17.5 Å². The highest BCUT2D eigenvalue weighted by Gasteiger charge is 2.11. The van der Waals surface area contributed by atoms with Crippen LogP contribution in [0.25, 0.3) is 11.5 Å². The zero-order chi connectivity index (χ0) is 15.7. The third-order valence-electron chi connectivity index (χ3n) is 2.86. The maximum absolute atomic E-state index is 13.7. The topological polar surface area (TPSA) is 74.7 Å². The molecule has 0 aliphatic rings. The fraction of sp³-hybridized carbons (Fsp3) is 0.0769. The van der Waals surface area contributed by atoms with Crippen LogP contribution in [0.3, 0.4) is 0 Å². The first-order valence-corrected chi connectivity index (χ1v) is 7.44. The summed E-state index contributed by atoms with van der Waals surface area (Å²) in [6.45, 7) is 1.88. The van der Waals surface area contributed by atoms with Crippen LogP contribution in [-0.2, 0) is 0 Å². The number of aromatic nitrogens is 5. The van der Waals surface area contributed by atoms with Crippen LogP contribution >= 0.6 is 28.1 Å². The van der Waals surface area contributed by atoms with Crippen LogP contribution < -0.4 is 0 Å². The van der Waals surface area contributed by atoms with Crippen molar-refractivity contribution in [3.63, 3.8) is 0 Å². The second kappa shape index (κ2) is 5.93. The van der Waals surface area contributed by atoms with Crippen molar-refractivity contribution in [1.29, 1.82) is 0 Å². The third-order valence-corrected chi connectivity index (χ3v) is 3.61. The van der Waals surface area contributed by atoms with E-state index in [-0.39, 0.29) is 5.82 Å². The molecular weight excluding hydrogens is 371 g/mol. The second-order valence-electron chi connectivity index (χ2n) is 4.51. The highest BCUT2D eigenvalue weighted by atomic mass is 79.9. The van der Waals surface area contributed by atoms with Crippen molar-refractivity contribution in [3.05, 3.63) is 50.6 Å². The Kier molecular flexibility index (Phi) is 3.99. The summed E-state index contributed by atoms with van der Waals surface area (Å²) in [6.07, 6.45) is 1.38. The number of hydrogen-bond donors (Lipinski definition) is 2. The Morgan fingerprint density at radius 1 is 1.32 bits per heavy atom. The fourth-order valence-corrected chi connectivity index (χ4v) is 2.39. The van der Waals surface area contributed by atoms with Gasteiger partial charge in [-0.3, -0.25) is 5.10 Å². The van der Waals surface area contributed by atoms with E-state index in [1.165, 1.54) is 17.0 Å². The smallest absolute Gasteiger partial charge is 0.216 e. The number of benzene rings is 1. The lowest BCUT2D eigenvalue weighted by molar-refractivity contribution is 0.625. The summed E-state index contributed by atoms with van der Waals surface area (Å²) < 4.78 is 16.2. The molecule has 112 valence electrons. The highest BCUT2D eigenvalue weighted by molar-refractivity contribution is 9.10. The van der Waals surface area contributed by atoms with E-state index in [2.05, 4.69) is 41.4 Å². The van der Waals surface area contributed by atoms with Gasteiger partial charge in [0, 0.05) is 15.7 Å². The van der Waals surface area contributed by atoms with Gasteiger partial charge in [-0.25, -0.2) is 9.49 Å². The van der Waals surface area contributed by atoms with Gasteiger partial charge in [-0.1, -0.05) is 15.9 Å². The minimum atomic E-state index is -0.376. The van der Waals surface area contributed by atoms with Crippen LogP contribution in [0.2, 0.25) is 0 Å². The lowest BCUT2D eigenvalue weighted by Gasteiger charge is -1.99. The zero-order valence-corrected chi connectivity index (χ0v) is 13.7. The van der Waals surface area contributed by atoms with Crippen molar-refractivity contribution in [3.8, 4) is 11.5 Å². The second-order valence-corrected chi connectivity index (χ2v) is 5.81. The van der Waals surface area contributed by atoms with Crippen molar-refractivity contribution in [2.24, 2.45) is 5.10 Å². The van der Waals surface area contributed by atoms with Gasteiger partial charge in [0.2, 0.25) is 10.6 Å². The van der Waals surface area contributed by atoms with Crippen LogP contribution in [0.15, 0.2) is 33.8 Å². The molecule has 0 aliphatic heterocycles. The van der Waals surface area contributed by atoms with E-state index in [0.29, 0.717) is 21.9 Å². The molecule has 3 rings (SSSR count). The van der Waals surface area contributed by atoms with Gasteiger partial charge in [-0.2, -0.15) is 20.0 Å². The van der Waals surface area contributed by atoms with Gasteiger partial charge in [0.05, 0.1) is 6.21 Å². The zero-order valence-electron chi connectivity index (χ0n) is 11.3. The molecule has 0 spiro atoms. The van der Waals surface area contributed by atoms with E-state index >= 15 is 0 Å². The Morgan fingerprint density at radius 3 is 2.86 bits per heavy atom. The summed E-state index contributed by atoms with van der Waals surface area (Å²) in [5, 5.41) is 17.9. The van der Waals surface area contributed by atoms with Crippen LogP contribution in [-0.4, -0.2) is 31.3 Å². The molecule has 1 aromatic carbocycles. The van der Waals surface area contributed by atoms with Crippen LogP contribution in [0.5, 0.6) is 0 Å². The molecule has 0 amide bonds. The lowest BCUT2D eigenvalue weighted by Crippen LogP contribution is -1.96. The van der Waals surface area contributed by atoms with Gasteiger partial charge in [-0.05, 0) is 43.4 Å². The number of H-pyrrole nitrogens is 2. The largest absolute Gasteiger partial charge is 0.282 e. The number of rotatable bonds is 3. The average molecular weight is 381 g/mol. The van der Waals surface area contributed by atoms with Crippen molar-refractivity contribution >= 4 is 34.4 Å². The van der Waals surface area contributed by atoms with E-state index in [1.807, 2.05) is 13.0 Å². The monoisotopic (exact) mass is 380 g/mol. The third kappa shape index (κ3) is 2.90. The fourth-order valence-electron chi connectivity index (χ4n) is 1.83. The number of halogens is 2. The Morgan fingerprint density at radius 2 is 2.14 bits per heavy atom. The van der Waals surface area contributed by atoms with Gasteiger partial charge in [0.15, 0.2) is 0 Å². The summed E-state index contributed by atoms with van der Waals surface area (Å²) in [5.74, 6) is 0.0696. The Hall–Kier alpha value is -2.13. The molecule has 0 fully saturated rings. The number of nitrogens with one attached hydrogen (secondary N) is 2. The summed E-state index contributed by atoms with van der Waals surface area (Å²) in [6, 6.07) is 6.42. The minimum Gasteiger partial charge on any atom is -0.282 e. The van der Waals surface area contributed by atoms with E-state index in [0.717, 1.165) is 10.2 Å². The van der Waals surface area contributed by atoms with Gasteiger partial charge in [0.1, 0.15) is 11.5 Å². The molecule has 2 N–H and O–H groups in total. The SMILES string of the molecule is Cc1cc(-c2n[nH]c(=S)n2N=Cc2cc(Br)ccc2F)n[nH]1. The first-order chi connectivity index (χ1) is 10.5.